The highest BCUT2D eigenvalue weighted by Gasteiger charge is 2.18. The zero-order valence-corrected chi connectivity index (χ0v) is 15.4. The summed E-state index contributed by atoms with van der Waals surface area (Å²) in [4.78, 5) is 12.8. The maximum Gasteiger partial charge on any atom is 0.257 e. The molecule has 0 saturated heterocycles. The lowest BCUT2D eigenvalue weighted by atomic mass is 10.1. The van der Waals surface area contributed by atoms with Crippen LogP contribution in [-0.2, 0) is 9.84 Å². The normalized spacial score (nSPS) is 11.4. The number of carbonyl (C=O) groups excluding carboxylic acids is 1. The van der Waals surface area contributed by atoms with Crippen molar-refractivity contribution >= 4 is 42.9 Å². The molecule has 0 atom stereocenters. The Morgan fingerprint density at radius 2 is 1.96 bits per heavy atom. The topological polar surface area (TPSA) is 72.5 Å². The Morgan fingerprint density at radius 3 is 2.68 bits per heavy atom. The van der Waals surface area contributed by atoms with Crippen LogP contribution in [0.3, 0.4) is 0 Å². The molecule has 0 unspecified atom stereocenters. The second-order valence-electron chi connectivity index (χ2n) is 5.37. The van der Waals surface area contributed by atoms with Gasteiger partial charge in [0.1, 0.15) is 5.75 Å². The summed E-state index contributed by atoms with van der Waals surface area (Å²) in [5.74, 6) is 0.0896. The average Bonchev–Trinajstić information content (AvgIpc) is 3.05. The number of anilines is 1. The zero-order valence-electron chi connectivity index (χ0n) is 13.8. The minimum Gasteiger partial charge on any atom is -0.495 e. The van der Waals surface area contributed by atoms with Gasteiger partial charge >= 0.3 is 0 Å². The first kappa shape index (κ1) is 17.4. The van der Waals surface area contributed by atoms with Gasteiger partial charge in [-0.05, 0) is 24.3 Å². The van der Waals surface area contributed by atoms with E-state index in [-0.39, 0.29) is 16.6 Å². The van der Waals surface area contributed by atoms with Crippen molar-refractivity contribution in [1.29, 1.82) is 0 Å². The predicted octanol–water partition coefficient (Wildman–Crippen LogP) is 3.96. The summed E-state index contributed by atoms with van der Waals surface area (Å²) < 4.78 is 30.4. The van der Waals surface area contributed by atoms with Gasteiger partial charge in [-0.15, -0.1) is 11.3 Å². The molecule has 0 aliphatic heterocycles. The molecule has 0 aliphatic carbocycles. The van der Waals surface area contributed by atoms with Crippen LogP contribution in [0.2, 0.25) is 0 Å². The van der Waals surface area contributed by atoms with Gasteiger partial charge in [-0.2, -0.15) is 0 Å². The number of hydrogen-bond donors (Lipinski definition) is 1. The number of nitrogens with one attached hydrogen (secondary N) is 1. The second kappa shape index (κ2) is 6.85. The molecule has 3 rings (SSSR count). The molecule has 3 aromatic rings. The van der Waals surface area contributed by atoms with Crippen molar-refractivity contribution in [1.82, 2.24) is 0 Å². The molecule has 0 saturated carbocycles. The number of fused-ring (bicyclic) bond motifs is 1. The van der Waals surface area contributed by atoms with E-state index in [2.05, 4.69) is 5.32 Å². The number of benzene rings is 2. The van der Waals surface area contributed by atoms with Crippen molar-refractivity contribution in [3.63, 3.8) is 0 Å². The molecule has 0 spiro atoms. The summed E-state index contributed by atoms with van der Waals surface area (Å²) in [6, 6.07) is 12.1. The average molecular weight is 375 g/mol. The Bertz CT molecular complexity index is 1040. The lowest BCUT2D eigenvalue weighted by Gasteiger charge is -2.12. The Balaban J connectivity index is 1.99. The summed E-state index contributed by atoms with van der Waals surface area (Å²) >= 11 is 1.49. The third kappa shape index (κ3) is 3.38. The molecule has 7 heteroatoms. The third-order valence-corrected chi connectivity index (χ3v) is 6.58. The highest BCUT2D eigenvalue weighted by molar-refractivity contribution is 7.91. The molecule has 130 valence electrons. The van der Waals surface area contributed by atoms with Crippen LogP contribution in [0, 0.1) is 0 Å². The van der Waals surface area contributed by atoms with Crippen molar-refractivity contribution in [2.75, 3.05) is 18.2 Å². The lowest BCUT2D eigenvalue weighted by molar-refractivity contribution is 0.102. The van der Waals surface area contributed by atoms with Crippen LogP contribution < -0.4 is 10.1 Å². The van der Waals surface area contributed by atoms with E-state index < -0.39 is 9.84 Å². The van der Waals surface area contributed by atoms with Gasteiger partial charge in [-0.25, -0.2) is 8.42 Å². The Kier molecular flexibility index (Phi) is 4.78. The Morgan fingerprint density at radius 1 is 1.20 bits per heavy atom. The molecular weight excluding hydrogens is 358 g/mol. The van der Waals surface area contributed by atoms with Crippen molar-refractivity contribution < 1.29 is 17.9 Å². The minimum atomic E-state index is -3.37. The van der Waals surface area contributed by atoms with Crippen molar-refractivity contribution in [2.45, 2.75) is 11.8 Å². The largest absolute Gasteiger partial charge is 0.495 e. The molecule has 1 amide bonds. The van der Waals surface area contributed by atoms with Gasteiger partial charge in [0.15, 0.2) is 9.84 Å². The Hall–Kier alpha value is -2.38. The number of ether oxygens (including phenoxy) is 1. The summed E-state index contributed by atoms with van der Waals surface area (Å²) in [6.07, 6.45) is 0. The fraction of sp³-hybridized carbons (Fsp3) is 0.167. The third-order valence-electron chi connectivity index (χ3n) is 3.88. The standard InChI is InChI=1S/C18H17NO4S2/c1-3-25(21,22)12-8-9-16(23-2)15(10-12)19-18(20)14-11-24-17-7-5-4-6-13(14)17/h4-11H,3H2,1-2H3,(H,19,20). The van der Waals surface area contributed by atoms with Crippen LogP contribution in [0.4, 0.5) is 5.69 Å². The lowest BCUT2D eigenvalue weighted by Crippen LogP contribution is -2.13. The molecule has 1 N–H and O–H groups in total. The molecule has 1 heterocycles. The van der Waals surface area contributed by atoms with E-state index in [4.69, 9.17) is 4.74 Å². The fourth-order valence-electron chi connectivity index (χ4n) is 2.49. The van der Waals surface area contributed by atoms with Crippen LogP contribution in [0.1, 0.15) is 17.3 Å². The van der Waals surface area contributed by atoms with Gasteiger partial charge in [0.05, 0.1) is 29.0 Å². The van der Waals surface area contributed by atoms with E-state index in [1.165, 1.54) is 30.6 Å². The number of thiophene rings is 1. The summed E-state index contributed by atoms with van der Waals surface area (Å²) in [6.45, 7) is 1.58. The van der Waals surface area contributed by atoms with Crippen LogP contribution >= 0.6 is 11.3 Å². The molecule has 1 aromatic heterocycles. The van der Waals surface area contributed by atoms with Gasteiger partial charge in [-0.3, -0.25) is 4.79 Å². The highest BCUT2D eigenvalue weighted by Crippen LogP contribution is 2.30. The van der Waals surface area contributed by atoms with Gasteiger partial charge < -0.3 is 10.1 Å². The number of rotatable bonds is 5. The smallest absolute Gasteiger partial charge is 0.257 e. The second-order valence-corrected chi connectivity index (χ2v) is 8.55. The molecular formula is C18H17NO4S2. The minimum absolute atomic E-state index is 0.0120. The first-order valence-electron chi connectivity index (χ1n) is 7.64. The highest BCUT2D eigenvalue weighted by atomic mass is 32.2. The van der Waals surface area contributed by atoms with Crippen molar-refractivity contribution in [2.24, 2.45) is 0 Å². The van der Waals surface area contributed by atoms with Crippen LogP contribution in [0.15, 0.2) is 52.7 Å². The van der Waals surface area contributed by atoms with Crippen LogP contribution in [-0.4, -0.2) is 27.2 Å². The van der Waals surface area contributed by atoms with E-state index in [9.17, 15) is 13.2 Å². The van der Waals surface area contributed by atoms with Crippen molar-refractivity contribution in [3.05, 3.63) is 53.4 Å². The van der Waals surface area contributed by atoms with Gasteiger partial charge in [0.25, 0.3) is 5.91 Å². The Labute approximate surface area is 150 Å². The zero-order chi connectivity index (χ0) is 18.0. The molecule has 0 radical (unpaired) electrons. The maximum atomic E-state index is 12.7. The number of amides is 1. The molecule has 0 fully saturated rings. The predicted molar refractivity (Wildman–Crippen MR) is 100 cm³/mol. The summed E-state index contributed by atoms with van der Waals surface area (Å²) in [5.41, 5.74) is 0.878. The maximum absolute atomic E-state index is 12.7. The SMILES string of the molecule is CCS(=O)(=O)c1ccc(OC)c(NC(=O)c2csc3ccccc23)c1. The van der Waals surface area contributed by atoms with E-state index in [1.54, 1.807) is 18.4 Å². The summed E-state index contributed by atoms with van der Waals surface area (Å²) in [5, 5.41) is 5.42. The first-order valence-corrected chi connectivity index (χ1v) is 10.2. The molecule has 0 bridgehead atoms. The monoisotopic (exact) mass is 375 g/mol. The van der Waals surface area contributed by atoms with E-state index in [0.29, 0.717) is 17.0 Å². The molecule has 0 aliphatic rings. The number of hydrogen-bond acceptors (Lipinski definition) is 5. The number of methoxy groups -OCH3 is 1. The molecule has 25 heavy (non-hydrogen) atoms. The van der Waals surface area contributed by atoms with Gasteiger partial charge in [0, 0.05) is 15.5 Å². The quantitative estimate of drug-likeness (QED) is 0.733. The van der Waals surface area contributed by atoms with Crippen LogP contribution in [0.25, 0.3) is 10.1 Å². The number of sulfone groups is 1. The number of carbonyl (C=O) groups is 1. The van der Waals surface area contributed by atoms with E-state index >= 15 is 0 Å². The van der Waals surface area contributed by atoms with E-state index in [1.807, 2.05) is 24.3 Å². The van der Waals surface area contributed by atoms with Gasteiger partial charge in [0.2, 0.25) is 0 Å². The molecule has 2 aromatic carbocycles. The summed E-state index contributed by atoms with van der Waals surface area (Å²) in [7, 11) is -1.90. The fourth-order valence-corrected chi connectivity index (χ4v) is 4.34. The first-order chi connectivity index (χ1) is 12.0. The van der Waals surface area contributed by atoms with Gasteiger partial charge in [-0.1, -0.05) is 25.1 Å². The van der Waals surface area contributed by atoms with Crippen molar-refractivity contribution in [3.8, 4) is 5.75 Å². The molecule has 5 nitrogen and oxygen atoms in total. The van der Waals surface area contributed by atoms with E-state index in [0.717, 1.165) is 10.1 Å². The van der Waals surface area contributed by atoms with Crippen LogP contribution in [0.5, 0.6) is 5.75 Å².